The first kappa shape index (κ1) is 17.2. The van der Waals surface area contributed by atoms with Crippen LogP contribution in [-0.4, -0.2) is 51.9 Å². The van der Waals surface area contributed by atoms with Crippen LogP contribution in [0.5, 0.6) is 5.75 Å². The fourth-order valence-corrected chi connectivity index (χ4v) is 4.81. The smallest absolute Gasteiger partial charge is 0.206 e. The molecule has 1 saturated heterocycles. The van der Waals surface area contributed by atoms with E-state index in [0.717, 1.165) is 12.2 Å². The first-order valence-corrected chi connectivity index (χ1v) is 10.1. The van der Waals surface area contributed by atoms with Gasteiger partial charge < -0.3 is 15.0 Å². The SMILES string of the molecule is O=S(=O)(c1ccncc1)c1ccc2c(c1)OCCN2C1CCNCC1F. The minimum Gasteiger partial charge on any atom is -0.490 e. The molecule has 1 N–H and O–H groups in total. The van der Waals surface area contributed by atoms with E-state index in [1.54, 1.807) is 12.1 Å². The Labute approximate surface area is 151 Å². The second-order valence-corrected chi connectivity index (χ2v) is 8.38. The zero-order valence-electron chi connectivity index (χ0n) is 14.1. The molecule has 1 fully saturated rings. The second-order valence-electron chi connectivity index (χ2n) is 6.43. The van der Waals surface area contributed by atoms with Gasteiger partial charge in [0.15, 0.2) is 0 Å². The summed E-state index contributed by atoms with van der Waals surface area (Å²) >= 11 is 0. The van der Waals surface area contributed by atoms with Crippen molar-refractivity contribution in [1.82, 2.24) is 10.3 Å². The lowest BCUT2D eigenvalue weighted by Gasteiger charge is -2.41. The van der Waals surface area contributed by atoms with Crippen LogP contribution in [0.2, 0.25) is 0 Å². The number of pyridine rings is 1. The minimum absolute atomic E-state index is 0.159. The van der Waals surface area contributed by atoms with E-state index >= 15 is 0 Å². The zero-order chi connectivity index (χ0) is 18.1. The van der Waals surface area contributed by atoms with Crippen LogP contribution in [0.3, 0.4) is 0 Å². The van der Waals surface area contributed by atoms with Crippen LogP contribution in [0.1, 0.15) is 6.42 Å². The van der Waals surface area contributed by atoms with Crippen LogP contribution >= 0.6 is 0 Å². The molecule has 4 rings (SSSR count). The van der Waals surface area contributed by atoms with E-state index in [4.69, 9.17) is 4.74 Å². The Morgan fingerprint density at radius 1 is 1.19 bits per heavy atom. The van der Waals surface area contributed by atoms with Crippen molar-refractivity contribution in [3.63, 3.8) is 0 Å². The van der Waals surface area contributed by atoms with Gasteiger partial charge in [0.05, 0.1) is 28.1 Å². The number of alkyl halides is 1. The van der Waals surface area contributed by atoms with Gasteiger partial charge in [0, 0.05) is 25.0 Å². The van der Waals surface area contributed by atoms with Gasteiger partial charge in [-0.3, -0.25) is 4.98 Å². The topological polar surface area (TPSA) is 71.5 Å². The second kappa shape index (κ2) is 6.85. The van der Waals surface area contributed by atoms with Crippen molar-refractivity contribution in [3.05, 3.63) is 42.7 Å². The number of halogens is 1. The number of piperidine rings is 1. The Balaban J connectivity index is 1.69. The third kappa shape index (κ3) is 3.03. The van der Waals surface area contributed by atoms with E-state index in [0.29, 0.717) is 31.9 Å². The highest BCUT2D eigenvalue weighted by Crippen LogP contribution is 2.37. The van der Waals surface area contributed by atoms with Crippen LogP contribution in [0.15, 0.2) is 52.5 Å². The molecular weight excluding hydrogens is 357 g/mol. The van der Waals surface area contributed by atoms with E-state index in [2.05, 4.69) is 10.3 Å². The van der Waals surface area contributed by atoms with E-state index in [-0.39, 0.29) is 15.8 Å². The molecule has 3 heterocycles. The summed E-state index contributed by atoms with van der Waals surface area (Å²) in [6.07, 6.45) is 2.64. The summed E-state index contributed by atoms with van der Waals surface area (Å²) in [5.74, 6) is 0.483. The van der Waals surface area contributed by atoms with Gasteiger partial charge in [0.2, 0.25) is 9.84 Å². The molecule has 0 radical (unpaired) electrons. The van der Waals surface area contributed by atoms with Gasteiger partial charge >= 0.3 is 0 Å². The molecule has 0 spiro atoms. The summed E-state index contributed by atoms with van der Waals surface area (Å²) in [5.41, 5.74) is 0.750. The molecule has 2 aromatic rings. The molecule has 0 amide bonds. The van der Waals surface area contributed by atoms with Crippen molar-refractivity contribution in [2.45, 2.75) is 28.4 Å². The summed E-state index contributed by atoms with van der Waals surface area (Å²) < 4.78 is 45.6. The highest BCUT2D eigenvalue weighted by atomic mass is 32.2. The zero-order valence-corrected chi connectivity index (χ0v) is 15.0. The first-order valence-electron chi connectivity index (χ1n) is 8.61. The number of rotatable bonds is 3. The van der Waals surface area contributed by atoms with Crippen molar-refractivity contribution >= 4 is 15.5 Å². The Bertz CT molecular complexity index is 892. The van der Waals surface area contributed by atoms with Gasteiger partial charge in [0.25, 0.3) is 0 Å². The molecule has 0 aliphatic carbocycles. The van der Waals surface area contributed by atoms with Gasteiger partial charge in [-0.25, -0.2) is 12.8 Å². The Morgan fingerprint density at radius 3 is 2.77 bits per heavy atom. The molecule has 0 saturated carbocycles. The lowest BCUT2D eigenvalue weighted by atomic mass is 10.0. The average Bonchev–Trinajstić information content (AvgIpc) is 2.68. The molecule has 2 aliphatic rings. The maximum atomic E-state index is 14.4. The van der Waals surface area contributed by atoms with E-state index in [1.807, 2.05) is 4.90 Å². The molecule has 0 bridgehead atoms. The number of benzene rings is 1. The van der Waals surface area contributed by atoms with Gasteiger partial charge in [-0.05, 0) is 37.2 Å². The highest BCUT2D eigenvalue weighted by Gasteiger charge is 2.34. The third-order valence-electron chi connectivity index (χ3n) is 4.87. The van der Waals surface area contributed by atoms with Crippen molar-refractivity contribution < 1.29 is 17.5 Å². The average molecular weight is 377 g/mol. The Hall–Kier alpha value is -2.19. The van der Waals surface area contributed by atoms with Gasteiger partial charge in [-0.2, -0.15) is 0 Å². The first-order chi connectivity index (χ1) is 12.6. The summed E-state index contributed by atoms with van der Waals surface area (Å²) in [6.45, 7) is 2.11. The number of anilines is 1. The number of hydrogen-bond acceptors (Lipinski definition) is 6. The molecule has 2 aliphatic heterocycles. The Morgan fingerprint density at radius 2 is 2.00 bits per heavy atom. The van der Waals surface area contributed by atoms with Crippen molar-refractivity contribution in [1.29, 1.82) is 0 Å². The lowest BCUT2D eigenvalue weighted by Crippen LogP contribution is -2.53. The van der Waals surface area contributed by atoms with Gasteiger partial charge in [-0.1, -0.05) is 0 Å². The monoisotopic (exact) mass is 377 g/mol. The molecule has 2 unspecified atom stereocenters. The molecular formula is C18H20FN3O3S. The lowest BCUT2D eigenvalue weighted by molar-refractivity contribution is 0.208. The van der Waals surface area contributed by atoms with Crippen LogP contribution in [-0.2, 0) is 9.84 Å². The van der Waals surface area contributed by atoms with Crippen LogP contribution in [0, 0.1) is 0 Å². The minimum atomic E-state index is -3.65. The fraction of sp³-hybridized carbons (Fsp3) is 0.389. The normalized spacial score (nSPS) is 23.2. The summed E-state index contributed by atoms with van der Waals surface area (Å²) in [4.78, 5) is 6.20. The summed E-state index contributed by atoms with van der Waals surface area (Å²) in [6, 6.07) is 7.52. The number of nitrogens with one attached hydrogen (secondary N) is 1. The van der Waals surface area contributed by atoms with E-state index in [1.165, 1.54) is 30.6 Å². The predicted octanol–water partition coefficient (Wildman–Crippen LogP) is 1.81. The third-order valence-corrected chi connectivity index (χ3v) is 6.64. The molecule has 8 heteroatoms. The fourth-order valence-electron chi connectivity index (χ4n) is 3.54. The standard InChI is InChI=1S/C18H20FN3O3S/c19-15-12-21-8-5-16(15)22-9-10-25-18-11-14(1-2-17(18)22)26(23,24)13-3-6-20-7-4-13/h1-4,6-7,11,15-16,21H,5,8-10,12H2. The molecule has 6 nitrogen and oxygen atoms in total. The van der Waals surface area contributed by atoms with Crippen LogP contribution in [0.4, 0.5) is 10.1 Å². The van der Waals surface area contributed by atoms with E-state index in [9.17, 15) is 12.8 Å². The van der Waals surface area contributed by atoms with Crippen molar-refractivity contribution in [2.75, 3.05) is 31.1 Å². The quantitative estimate of drug-likeness (QED) is 0.880. The van der Waals surface area contributed by atoms with Gasteiger partial charge in [0.1, 0.15) is 18.5 Å². The summed E-state index contributed by atoms with van der Waals surface area (Å²) in [5, 5.41) is 3.06. The van der Waals surface area contributed by atoms with Crippen molar-refractivity contribution in [3.8, 4) is 5.75 Å². The molecule has 1 aromatic carbocycles. The number of sulfone groups is 1. The summed E-state index contributed by atoms with van der Waals surface area (Å²) in [7, 11) is -3.65. The van der Waals surface area contributed by atoms with Gasteiger partial charge in [-0.15, -0.1) is 0 Å². The maximum Gasteiger partial charge on any atom is 0.206 e. The number of fused-ring (bicyclic) bond motifs is 1. The van der Waals surface area contributed by atoms with Crippen LogP contribution < -0.4 is 15.0 Å². The number of ether oxygens (including phenoxy) is 1. The van der Waals surface area contributed by atoms with Crippen molar-refractivity contribution in [2.24, 2.45) is 0 Å². The number of nitrogens with zero attached hydrogens (tertiary/aromatic N) is 2. The number of aromatic nitrogens is 1. The highest BCUT2D eigenvalue weighted by molar-refractivity contribution is 7.91. The predicted molar refractivity (Wildman–Crippen MR) is 95.1 cm³/mol. The molecule has 1 aromatic heterocycles. The maximum absolute atomic E-state index is 14.4. The molecule has 26 heavy (non-hydrogen) atoms. The van der Waals surface area contributed by atoms with Crippen LogP contribution in [0.25, 0.3) is 0 Å². The Kier molecular flexibility index (Phi) is 4.54. The molecule has 2 atom stereocenters. The largest absolute Gasteiger partial charge is 0.490 e. The number of hydrogen-bond donors (Lipinski definition) is 1. The molecule has 138 valence electrons. The van der Waals surface area contributed by atoms with E-state index < -0.39 is 16.0 Å².